The van der Waals surface area contributed by atoms with Crippen LogP contribution in [-0.4, -0.2) is 7.11 Å². The Hall–Kier alpha value is -0.980. The van der Waals surface area contributed by atoms with E-state index in [9.17, 15) is 0 Å². The van der Waals surface area contributed by atoms with Crippen molar-refractivity contribution < 1.29 is 4.74 Å². The highest BCUT2D eigenvalue weighted by molar-refractivity contribution is 5.27. The molecule has 0 saturated carbocycles. The molecular formula is C13H24O. The molecule has 0 aromatic heterocycles. The van der Waals surface area contributed by atoms with Gasteiger partial charge in [-0.05, 0) is 24.6 Å². The molecule has 0 N–H and O–H groups in total. The number of hydrogen-bond acceptors (Lipinski definition) is 1. The first-order valence-electron chi connectivity index (χ1n) is 5.35. The van der Waals surface area contributed by atoms with Crippen molar-refractivity contribution in [1.82, 2.24) is 0 Å². The fourth-order valence-electron chi connectivity index (χ4n) is 0.742. The summed E-state index contributed by atoms with van der Waals surface area (Å²) in [4.78, 5) is 0. The average Bonchev–Trinajstić information content (AvgIpc) is 2.22. The molecule has 0 unspecified atom stereocenters. The second kappa shape index (κ2) is 12.0. The number of benzene rings is 1. The molecule has 1 aromatic carbocycles. The molecule has 0 saturated heterocycles. The molecule has 0 radical (unpaired) electrons. The van der Waals surface area contributed by atoms with E-state index in [1.807, 2.05) is 45.0 Å². The summed E-state index contributed by atoms with van der Waals surface area (Å²) in [7, 11) is 1.68. The first-order valence-corrected chi connectivity index (χ1v) is 5.35. The van der Waals surface area contributed by atoms with Crippen molar-refractivity contribution in [2.45, 2.75) is 41.0 Å². The summed E-state index contributed by atoms with van der Waals surface area (Å²) < 4.78 is 5.00. The lowest BCUT2D eigenvalue weighted by molar-refractivity contribution is 0.414. The molecule has 0 spiro atoms. The van der Waals surface area contributed by atoms with Crippen LogP contribution in [0.3, 0.4) is 0 Å². The van der Waals surface area contributed by atoms with E-state index >= 15 is 0 Å². The molecule has 1 rings (SSSR count). The van der Waals surface area contributed by atoms with Crippen LogP contribution in [0.15, 0.2) is 24.3 Å². The predicted molar refractivity (Wildman–Crippen MR) is 65.0 cm³/mol. The fourth-order valence-corrected chi connectivity index (χ4v) is 0.742. The Morgan fingerprint density at radius 3 is 1.93 bits per heavy atom. The van der Waals surface area contributed by atoms with Gasteiger partial charge in [-0.3, -0.25) is 0 Å². The summed E-state index contributed by atoms with van der Waals surface area (Å²) in [5.41, 5.74) is 1.23. The van der Waals surface area contributed by atoms with Crippen LogP contribution in [0.25, 0.3) is 0 Å². The van der Waals surface area contributed by atoms with Crippen molar-refractivity contribution in [3.05, 3.63) is 29.8 Å². The SMILES string of the molecule is CC.CCC.COc1cccc(C)c1. The maximum absolute atomic E-state index is 5.00. The van der Waals surface area contributed by atoms with E-state index in [0.717, 1.165) is 5.75 Å². The molecular weight excluding hydrogens is 172 g/mol. The van der Waals surface area contributed by atoms with E-state index < -0.39 is 0 Å². The van der Waals surface area contributed by atoms with E-state index in [4.69, 9.17) is 4.74 Å². The highest BCUT2D eigenvalue weighted by atomic mass is 16.5. The summed E-state index contributed by atoms with van der Waals surface area (Å²) in [5.74, 6) is 0.926. The number of methoxy groups -OCH3 is 1. The highest BCUT2D eigenvalue weighted by Gasteiger charge is 1.86. The first-order chi connectivity index (χ1) is 6.74. The number of aryl methyl sites for hydroxylation is 1. The largest absolute Gasteiger partial charge is 0.497 e. The fraction of sp³-hybridized carbons (Fsp3) is 0.538. The van der Waals surface area contributed by atoms with Gasteiger partial charge in [0.05, 0.1) is 7.11 Å². The van der Waals surface area contributed by atoms with Gasteiger partial charge in [0.2, 0.25) is 0 Å². The van der Waals surface area contributed by atoms with Crippen LogP contribution in [0, 0.1) is 6.92 Å². The van der Waals surface area contributed by atoms with Crippen molar-refractivity contribution in [2.24, 2.45) is 0 Å². The smallest absolute Gasteiger partial charge is 0.119 e. The van der Waals surface area contributed by atoms with Crippen LogP contribution in [-0.2, 0) is 0 Å². The van der Waals surface area contributed by atoms with Crippen molar-refractivity contribution in [2.75, 3.05) is 7.11 Å². The lowest BCUT2D eigenvalue weighted by Gasteiger charge is -1.97. The monoisotopic (exact) mass is 196 g/mol. The number of hydrogen-bond donors (Lipinski definition) is 0. The maximum atomic E-state index is 5.00. The second-order valence-electron chi connectivity index (χ2n) is 2.73. The standard InChI is InChI=1S/C8H10O.C3H8.C2H6/c1-7-4-3-5-8(6-7)9-2;1-3-2;1-2/h3-6H,1-2H3;3H2,1-2H3;1-2H3. The van der Waals surface area contributed by atoms with Crippen molar-refractivity contribution in [3.63, 3.8) is 0 Å². The van der Waals surface area contributed by atoms with Gasteiger partial charge in [-0.1, -0.05) is 46.2 Å². The molecule has 0 aliphatic heterocycles. The van der Waals surface area contributed by atoms with Gasteiger partial charge in [0.25, 0.3) is 0 Å². The van der Waals surface area contributed by atoms with Gasteiger partial charge in [0.1, 0.15) is 5.75 Å². The molecule has 1 nitrogen and oxygen atoms in total. The Morgan fingerprint density at radius 1 is 1.14 bits per heavy atom. The Bertz CT molecular complexity index is 206. The first kappa shape index (κ1) is 15.5. The van der Waals surface area contributed by atoms with Crippen LogP contribution >= 0.6 is 0 Å². The van der Waals surface area contributed by atoms with Gasteiger partial charge in [-0.15, -0.1) is 0 Å². The summed E-state index contributed by atoms with van der Waals surface area (Å²) in [5, 5.41) is 0. The number of rotatable bonds is 1. The van der Waals surface area contributed by atoms with Gasteiger partial charge in [0, 0.05) is 0 Å². The molecule has 0 amide bonds. The van der Waals surface area contributed by atoms with Crippen LogP contribution in [0.2, 0.25) is 0 Å². The van der Waals surface area contributed by atoms with E-state index in [-0.39, 0.29) is 0 Å². The van der Waals surface area contributed by atoms with E-state index in [1.54, 1.807) is 7.11 Å². The maximum Gasteiger partial charge on any atom is 0.119 e. The third-order valence-electron chi connectivity index (χ3n) is 1.23. The molecule has 0 bridgehead atoms. The van der Waals surface area contributed by atoms with Crippen LogP contribution in [0.4, 0.5) is 0 Å². The zero-order valence-electron chi connectivity index (χ0n) is 10.4. The average molecular weight is 196 g/mol. The molecule has 1 heteroatoms. The number of ether oxygens (including phenoxy) is 1. The zero-order chi connectivity index (χ0) is 11.4. The third kappa shape index (κ3) is 9.11. The molecule has 0 heterocycles. The predicted octanol–water partition coefficient (Wildman–Crippen LogP) is 4.45. The molecule has 0 aliphatic rings. The van der Waals surface area contributed by atoms with Gasteiger partial charge in [0.15, 0.2) is 0 Å². The second-order valence-corrected chi connectivity index (χ2v) is 2.73. The normalized spacial score (nSPS) is 7.57. The lowest BCUT2D eigenvalue weighted by atomic mass is 10.2. The Balaban J connectivity index is 0. The minimum atomic E-state index is 0.926. The Labute approximate surface area is 89.1 Å². The van der Waals surface area contributed by atoms with E-state index in [0.29, 0.717) is 0 Å². The van der Waals surface area contributed by atoms with Crippen LogP contribution < -0.4 is 4.74 Å². The van der Waals surface area contributed by atoms with Crippen LogP contribution in [0.5, 0.6) is 5.75 Å². The molecule has 14 heavy (non-hydrogen) atoms. The molecule has 1 aromatic rings. The quantitative estimate of drug-likeness (QED) is 0.645. The molecule has 0 fully saturated rings. The van der Waals surface area contributed by atoms with Gasteiger partial charge in [-0.25, -0.2) is 0 Å². The van der Waals surface area contributed by atoms with Crippen molar-refractivity contribution in [1.29, 1.82) is 0 Å². The molecule has 0 aliphatic carbocycles. The minimum Gasteiger partial charge on any atom is -0.497 e. The summed E-state index contributed by atoms with van der Waals surface area (Å²) in [6.07, 6.45) is 1.25. The Morgan fingerprint density at radius 2 is 1.64 bits per heavy atom. The van der Waals surface area contributed by atoms with Crippen molar-refractivity contribution >= 4 is 0 Å². The summed E-state index contributed by atoms with van der Waals surface area (Å²) >= 11 is 0. The minimum absolute atomic E-state index is 0.926. The molecule has 0 atom stereocenters. The summed E-state index contributed by atoms with van der Waals surface area (Å²) in [6.45, 7) is 10.3. The lowest BCUT2D eigenvalue weighted by Crippen LogP contribution is -1.81. The van der Waals surface area contributed by atoms with Gasteiger partial charge >= 0.3 is 0 Å². The van der Waals surface area contributed by atoms with E-state index in [1.165, 1.54) is 12.0 Å². The Kier molecular flexibility index (Phi) is 13.3. The zero-order valence-corrected chi connectivity index (χ0v) is 10.4. The molecule has 82 valence electrons. The van der Waals surface area contributed by atoms with Crippen LogP contribution in [0.1, 0.15) is 39.7 Å². The van der Waals surface area contributed by atoms with Gasteiger partial charge in [-0.2, -0.15) is 0 Å². The highest BCUT2D eigenvalue weighted by Crippen LogP contribution is 2.10. The van der Waals surface area contributed by atoms with Crippen molar-refractivity contribution in [3.8, 4) is 5.75 Å². The van der Waals surface area contributed by atoms with Gasteiger partial charge < -0.3 is 4.74 Å². The topological polar surface area (TPSA) is 9.23 Å². The van der Waals surface area contributed by atoms with E-state index in [2.05, 4.69) is 13.8 Å². The third-order valence-corrected chi connectivity index (χ3v) is 1.23. The summed E-state index contributed by atoms with van der Waals surface area (Å²) in [6, 6.07) is 7.96.